The van der Waals surface area contributed by atoms with Gasteiger partial charge in [0.05, 0.1) is 9.35 Å². The normalized spacial score (nSPS) is 11.5. The highest BCUT2D eigenvalue weighted by molar-refractivity contribution is 9.11. The van der Waals surface area contributed by atoms with Crippen molar-refractivity contribution in [3.63, 3.8) is 0 Å². The molecule has 0 atom stereocenters. The maximum Gasteiger partial charge on any atom is 0.416 e. The Bertz CT molecular complexity index is 636. The number of halogens is 4. The Morgan fingerprint density at radius 1 is 1.29 bits per heavy atom. The molecule has 1 aromatic carbocycles. The summed E-state index contributed by atoms with van der Waals surface area (Å²) in [6.45, 7) is 0.405. The van der Waals surface area contributed by atoms with Gasteiger partial charge in [-0.3, -0.25) is 4.79 Å². The number of carbonyl (C=O) groups excluding carboxylic acids is 1. The maximum absolute atomic E-state index is 12.5. The average Bonchev–Trinajstić information content (AvgIpc) is 2.82. The number of benzene rings is 1. The quantitative estimate of drug-likeness (QED) is 0.751. The minimum atomic E-state index is -4.39. The molecule has 0 aliphatic carbocycles. The molecule has 0 bridgehead atoms. The number of thiophene rings is 1. The average molecular weight is 378 g/mol. The van der Waals surface area contributed by atoms with Gasteiger partial charge in [-0.1, -0.05) is 0 Å². The molecule has 0 saturated heterocycles. The summed E-state index contributed by atoms with van der Waals surface area (Å²) in [6.07, 6.45) is -4.39. The first-order chi connectivity index (χ1) is 9.77. The Labute approximate surface area is 132 Å². The molecule has 0 saturated carbocycles. The van der Waals surface area contributed by atoms with Crippen molar-refractivity contribution in [2.24, 2.45) is 0 Å². The molecule has 21 heavy (non-hydrogen) atoms. The zero-order valence-corrected chi connectivity index (χ0v) is 13.3. The molecule has 0 spiro atoms. The van der Waals surface area contributed by atoms with Gasteiger partial charge in [-0.25, -0.2) is 0 Å². The Balaban J connectivity index is 2.08. The SMILES string of the molecule is CN(Cc1csc(Br)c1)C(=O)c1ccc(C(F)(F)F)cc1. The molecule has 2 aromatic rings. The summed E-state index contributed by atoms with van der Waals surface area (Å²) >= 11 is 4.85. The number of carbonyl (C=O) groups is 1. The van der Waals surface area contributed by atoms with Crippen molar-refractivity contribution in [2.75, 3.05) is 7.05 Å². The van der Waals surface area contributed by atoms with Gasteiger partial charge in [-0.05, 0) is 57.2 Å². The molecule has 1 aromatic heterocycles. The standard InChI is InChI=1S/C14H11BrF3NOS/c1-19(7-9-6-12(15)21-8-9)13(20)10-2-4-11(5-3-10)14(16,17)18/h2-6,8H,7H2,1H3. The van der Waals surface area contributed by atoms with E-state index in [0.29, 0.717) is 6.54 Å². The third-order valence-corrected chi connectivity index (χ3v) is 4.40. The second kappa shape index (κ2) is 6.19. The fourth-order valence-electron chi connectivity index (χ4n) is 1.80. The van der Waals surface area contributed by atoms with E-state index in [9.17, 15) is 18.0 Å². The molecule has 0 aliphatic heterocycles. The molecule has 1 heterocycles. The lowest BCUT2D eigenvalue weighted by atomic mass is 10.1. The van der Waals surface area contributed by atoms with Crippen LogP contribution in [0.3, 0.4) is 0 Å². The van der Waals surface area contributed by atoms with E-state index < -0.39 is 11.7 Å². The minimum absolute atomic E-state index is 0.236. The summed E-state index contributed by atoms with van der Waals surface area (Å²) < 4.78 is 38.4. The van der Waals surface area contributed by atoms with Gasteiger partial charge >= 0.3 is 6.18 Å². The second-order valence-corrected chi connectivity index (χ2v) is 6.79. The highest BCUT2D eigenvalue weighted by atomic mass is 79.9. The van der Waals surface area contributed by atoms with Crippen molar-refractivity contribution in [2.45, 2.75) is 12.7 Å². The van der Waals surface area contributed by atoms with E-state index in [1.807, 2.05) is 11.4 Å². The number of amides is 1. The number of alkyl halides is 3. The van der Waals surface area contributed by atoms with E-state index in [1.54, 1.807) is 7.05 Å². The van der Waals surface area contributed by atoms with Gasteiger partial charge in [0.25, 0.3) is 5.91 Å². The van der Waals surface area contributed by atoms with E-state index in [-0.39, 0.29) is 11.5 Å². The highest BCUT2D eigenvalue weighted by Crippen LogP contribution is 2.29. The molecular weight excluding hydrogens is 367 g/mol. The van der Waals surface area contributed by atoms with Crippen molar-refractivity contribution in [1.82, 2.24) is 4.90 Å². The summed E-state index contributed by atoms with van der Waals surface area (Å²) in [5.41, 5.74) is 0.443. The van der Waals surface area contributed by atoms with Gasteiger partial charge < -0.3 is 4.90 Å². The van der Waals surface area contributed by atoms with Crippen molar-refractivity contribution in [3.8, 4) is 0 Å². The summed E-state index contributed by atoms with van der Waals surface area (Å²) in [5.74, 6) is -0.314. The molecule has 1 amide bonds. The summed E-state index contributed by atoms with van der Waals surface area (Å²) in [4.78, 5) is 13.6. The second-order valence-electron chi connectivity index (χ2n) is 4.50. The summed E-state index contributed by atoms with van der Waals surface area (Å²) in [6, 6.07) is 6.14. The van der Waals surface area contributed by atoms with Crippen LogP contribution in [0.5, 0.6) is 0 Å². The zero-order chi connectivity index (χ0) is 15.6. The van der Waals surface area contributed by atoms with Crippen LogP contribution in [0, 0.1) is 0 Å². The van der Waals surface area contributed by atoms with Crippen LogP contribution in [0.4, 0.5) is 13.2 Å². The molecule has 7 heteroatoms. The van der Waals surface area contributed by atoms with E-state index in [1.165, 1.54) is 28.4 Å². The predicted octanol–water partition coefficient (Wildman–Crippen LogP) is 4.80. The van der Waals surface area contributed by atoms with Gasteiger partial charge in [0, 0.05) is 19.2 Å². The third kappa shape index (κ3) is 4.07. The van der Waals surface area contributed by atoms with Crippen LogP contribution in [-0.4, -0.2) is 17.9 Å². The van der Waals surface area contributed by atoms with Crippen LogP contribution in [0.15, 0.2) is 39.5 Å². The Morgan fingerprint density at radius 2 is 1.90 bits per heavy atom. The minimum Gasteiger partial charge on any atom is -0.337 e. The first kappa shape index (κ1) is 16.0. The number of rotatable bonds is 3. The van der Waals surface area contributed by atoms with Crippen LogP contribution < -0.4 is 0 Å². The van der Waals surface area contributed by atoms with Gasteiger partial charge in [0.1, 0.15) is 0 Å². The highest BCUT2D eigenvalue weighted by Gasteiger charge is 2.30. The number of hydrogen-bond donors (Lipinski definition) is 0. The molecule has 112 valence electrons. The van der Waals surface area contributed by atoms with Crippen molar-refractivity contribution >= 4 is 33.2 Å². The summed E-state index contributed by atoms with van der Waals surface area (Å²) in [7, 11) is 1.62. The van der Waals surface area contributed by atoms with Crippen LogP contribution in [0.25, 0.3) is 0 Å². The largest absolute Gasteiger partial charge is 0.416 e. The number of nitrogens with zero attached hydrogens (tertiary/aromatic N) is 1. The van der Waals surface area contributed by atoms with Gasteiger partial charge in [-0.2, -0.15) is 13.2 Å². The monoisotopic (exact) mass is 377 g/mol. The van der Waals surface area contributed by atoms with E-state index in [2.05, 4.69) is 15.9 Å². The lowest BCUT2D eigenvalue weighted by Gasteiger charge is -2.17. The van der Waals surface area contributed by atoms with Crippen LogP contribution >= 0.6 is 27.3 Å². The Morgan fingerprint density at radius 3 is 2.38 bits per heavy atom. The van der Waals surface area contributed by atoms with Crippen LogP contribution in [0.1, 0.15) is 21.5 Å². The van der Waals surface area contributed by atoms with Gasteiger partial charge in [-0.15, -0.1) is 11.3 Å². The number of hydrogen-bond acceptors (Lipinski definition) is 2. The van der Waals surface area contributed by atoms with Crippen molar-refractivity contribution in [1.29, 1.82) is 0 Å². The van der Waals surface area contributed by atoms with Crippen LogP contribution in [0.2, 0.25) is 0 Å². The molecular formula is C14H11BrF3NOS. The molecule has 2 rings (SSSR count). The Kier molecular flexibility index (Phi) is 4.73. The Hall–Kier alpha value is -1.34. The molecule has 0 unspecified atom stereocenters. The van der Waals surface area contributed by atoms with Crippen molar-refractivity contribution in [3.05, 3.63) is 56.2 Å². The summed E-state index contributed by atoms with van der Waals surface area (Å²) in [5, 5.41) is 1.92. The van der Waals surface area contributed by atoms with E-state index in [4.69, 9.17) is 0 Å². The first-order valence-electron chi connectivity index (χ1n) is 5.93. The van der Waals surface area contributed by atoms with Gasteiger partial charge in [0.2, 0.25) is 0 Å². The van der Waals surface area contributed by atoms with E-state index >= 15 is 0 Å². The maximum atomic E-state index is 12.5. The van der Waals surface area contributed by atoms with E-state index in [0.717, 1.165) is 21.5 Å². The zero-order valence-electron chi connectivity index (χ0n) is 10.9. The lowest BCUT2D eigenvalue weighted by molar-refractivity contribution is -0.137. The third-order valence-electron chi connectivity index (χ3n) is 2.85. The van der Waals surface area contributed by atoms with Crippen molar-refractivity contribution < 1.29 is 18.0 Å². The molecule has 0 aliphatic rings. The smallest absolute Gasteiger partial charge is 0.337 e. The lowest BCUT2D eigenvalue weighted by Crippen LogP contribution is -2.26. The molecule has 0 N–H and O–H groups in total. The topological polar surface area (TPSA) is 20.3 Å². The molecule has 0 fully saturated rings. The fraction of sp³-hybridized carbons (Fsp3) is 0.214. The first-order valence-corrected chi connectivity index (χ1v) is 7.60. The fourth-order valence-corrected chi connectivity index (χ4v) is 3.00. The predicted molar refractivity (Wildman–Crippen MR) is 79.3 cm³/mol. The molecule has 2 nitrogen and oxygen atoms in total. The van der Waals surface area contributed by atoms with Crippen LogP contribution in [-0.2, 0) is 12.7 Å². The van der Waals surface area contributed by atoms with Gasteiger partial charge in [0.15, 0.2) is 0 Å². The molecule has 0 radical (unpaired) electrons.